The summed E-state index contributed by atoms with van der Waals surface area (Å²) in [6, 6.07) is 6.90. The summed E-state index contributed by atoms with van der Waals surface area (Å²) in [5.41, 5.74) is 0.672. The molecule has 2 rings (SSSR count). The fraction of sp³-hybridized carbons (Fsp3) is 0.214. The summed E-state index contributed by atoms with van der Waals surface area (Å²) in [5, 5.41) is 0. The number of nitrogens with one attached hydrogen (secondary N) is 1. The van der Waals surface area contributed by atoms with Crippen LogP contribution in [0.1, 0.15) is 18.5 Å². The molecule has 0 saturated carbocycles. The maximum Gasteiger partial charge on any atom is 0.573 e. The van der Waals surface area contributed by atoms with E-state index in [1.807, 2.05) is 0 Å². The maximum atomic E-state index is 12.3. The average Bonchev–Trinajstić information content (AvgIpc) is 2.46. The SMILES string of the molecule is CC(NS(=O)(=O)c1cccc(OC(F)(F)F)c1)c1ccncc1. The number of ether oxygens (including phenoxy) is 1. The zero-order chi connectivity index (χ0) is 17.1. The van der Waals surface area contributed by atoms with Gasteiger partial charge >= 0.3 is 6.36 Å². The van der Waals surface area contributed by atoms with Gasteiger partial charge in [0.2, 0.25) is 10.0 Å². The molecule has 9 heteroatoms. The van der Waals surface area contributed by atoms with Crippen molar-refractivity contribution in [2.75, 3.05) is 0 Å². The number of hydrogen-bond acceptors (Lipinski definition) is 4. The van der Waals surface area contributed by atoms with E-state index in [0.29, 0.717) is 5.56 Å². The molecule has 0 aliphatic carbocycles. The maximum absolute atomic E-state index is 12.3. The molecular formula is C14H13F3N2O3S. The van der Waals surface area contributed by atoms with Gasteiger partial charge in [0.25, 0.3) is 0 Å². The normalized spacial score (nSPS) is 13.6. The van der Waals surface area contributed by atoms with Crippen LogP contribution in [0, 0.1) is 0 Å². The van der Waals surface area contributed by atoms with Crippen molar-refractivity contribution < 1.29 is 26.3 Å². The monoisotopic (exact) mass is 346 g/mol. The molecule has 1 unspecified atom stereocenters. The molecule has 0 fully saturated rings. The van der Waals surface area contributed by atoms with Crippen molar-refractivity contribution in [3.63, 3.8) is 0 Å². The summed E-state index contributed by atoms with van der Waals surface area (Å²) < 4.78 is 67.3. The van der Waals surface area contributed by atoms with E-state index in [2.05, 4.69) is 14.4 Å². The quantitative estimate of drug-likeness (QED) is 0.904. The van der Waals surface area contributed by atoms with Gasteiger partial charge in [-0.25, -0.2) is 13.1 Å². The van der Waals surface area contributed by atoms with E-state index in [0.717, 1.165) is 12.1 Å². The van der Waals surface area contributed by atoms with Gasteiger partial charge in [-0.05, 0) is 36.8 Å². The second-order valence-electron chi connectivity index (χ2n) is 4.65. The Morgan fingerprint density at radius 3 is 2.43 bits per heavy atom. The van der Waals surface area contributed by atoms with Crippen molar-refractivity contribution in [2.24, 2.45) is 0 Å². The first-order valence-corrected chi connectivity index (χ1v) is 7.94. The van der Waals surface area contributed by atoms with Crippen LogP contribution < -0.4 is 9.46 Å². The van der Waals surface area contributed by atoms with Crippen LogP contribution in [0.25, 0.3) is 0 Å². The predicted octanol–water partition coefficient (Wildman–Crippen LogP) is 3.02. The molecule has 1 heterocycles. The van der Waals surface area contributed by atoms with Crippen LogP contribution in [-0.2, 0) is 10.0 Å². The standard InChI is InChI=1S/C14H13F3N2O3S/c1-10(11-5-7-18-8-6-11)19-23(20,21)13-4-2-3-12(9-13)22-14(15,16)17/h2-10,19H,1H3. The Kier molecular flexibility index (Phi) is 4.90. The number of hydrogen-bond donors (Lipinski definition) is 1. The van der Waals surface area contributed by atoms with Crippen molar-refractivity contribution in [1.82, 2.24) is 9.71 Å². The molecule has 0 spiro atoms. The molecule has 124 valence electrons. The molecule has 1 aromatic heterocycles. The zero-order valence-corrected chi connectivity index (χ0v) is 12.7. The lowest BCUT2D eigenvalue weighted by atomic mass is 10.1. The molecule has 0 radical (unpaired) electrons. The topological polar surface area (TPSA) is 68.3 Å². The highest BCUT2D eigenvalue weighted by molar-refractivity contribution is 7.89. The number of benzene rings is 1. The Balaban J connectivity index is 2.21. The minimum absolute atomic E-state index is 0.319. The molecule has 0 aliphatic rings. The first-order chi connectivity index (χ1) is 10.7. The molecule has 5 nitrogen and oxygen atoms in total. The lowest BCUT2D eigenvalue weighted by molar-refractivity contribution is -0.274. The fourth-order valence-electron chi connectivity index (χ4n) is 1.86. The van der Waals surface area contributed by atoms with E-state index in [9.17, 15) is 21.6 Å². The second-order valence-corrected chi connectivity index (χ2v) is 6.36. The third-order valence-electron chi connectivity index (χ3n) is 2.89. The first-order valence-electron chi connectivity index (χ1n) is 6.45. The molecule has 0 aliphatic heterocycles. The van der Waals surface area contributed by atoms with Gasteiger partial charge in [-0.1, -0.05) is 6.07 Å². The van der Waals surface area contributed by atoms with E-state index in [1.54, 1.807) is 19.1 Å². The molecule has 1 atom stereocenters. The number of aromatic nitrogens is 1. The summed E-state index contributed by atoms with van der Waals surface area (Å²) in [6.45, 7) is 1.61. The van der Waals surface area contributed by atoms with Crippen LogP contribution >= 0.6 is 0 Å². The highest BCUT2D eigenvalue weighted by atomic mass is 32.2. The van der Waals surface area contributed by atoms with Crippen LogP contribution in [0.5, 0.6) is 5.75 Å². The van der Waals surface area contributed by atoms with E-state index in [-0.39, 0.29) is 4.90 Å². The summed E-state index contributed by atoms with van der Waals surface area (Å²) >= 11 is 0. The Morgan fingerprint density at radius 1 is 1.17 bits per heavy atom. The van der Waals surface area contributed by atoms with E-state index < -0.39 is 28.2 Å². The average molecular weight is 346 g/mol. The Morgan fingerprint density at radius 2 is 1.83 bits per heavy atom. The van der Waals surface area contributed by atoms with Crippen molar-refractivity contribution in [3.8, 4) is 5.75 Å². The van der Waals surface area contributed by atoms with Crippen LogP contribution in [0.15, 0.2) is 53.7 Å². The summed E-state index contributed by atoms with van der Waals surface area (Å²) in [6.07, 6.45) is -1.87. The van der Waals surface area contributed by atoms with Crippen LogP contribution in [0.4, 0.5) is 13.2 Å². The van der Waals surface area contributed by atoms with Gasteiger partial charge in [0.1, 0.15) is 5.75 Å². The highest BCUT2D eigenvalue weighted by Crippen LogP contribution is 2.25. The summed E-state index contributed by atoms with van der Waals surface area (Å²) in [7, 11) is -4.00. The van der Waals surface area contributed by atoms with E-state index in [1.165, 1.54) is 24.5 Å². The fourth-order valence-corrected chi connectivity index (χ4v) is 3.13. The van der Waals surface area contributed by atoms with Crippen molar-refractivity contribution in [1.29, 1.82) is 0 Å². The Hall–Kier alpha value is -2.13. The molecule has 0 saturated heterocycles. The molecule has 2 aromatic rings. The number of sulfonamides is 1. The number of nitrogens with zero attached hydrogens (tertiary/aromatic N) is 1. The van der Waals surface area contributed by atoms with Crippen LogP contribution in [-0.4, -0.2) is 19.8 Å². The van der Waals surface area contributed by atoms with Crippen molar-refractivity contribution in [3.05, 3.63) is 54.4 Å². The minimum Gasteiger partial charge on any atom is -0.406 e. The highest BCUT2D eigenvalue weighted by Gasteiger charge is 2.31. The smallest absolute Gasteiger partial charge is 0.406 e. The van der Waals surface area contributed by atoms with Crippen LogP contribution in [0.2, 0.25) is 0 Å². The molecule has 1 aromatic carbocycles. The molecule has 1 N–H and O–H groups in total. The molecule has 23 heavy (non-hydrogen) atoms. The zero-order valence-electron chi connectivity index (χ0n) is 11.9. The minimum atomic E-state index is -4.89. The van der Waals surface area contributed by atoms with Crippen molar-refractivity contribution >= 4 is 10.0 Å². The lowest BCUT2D eigenvalue weighted by Crippen LogP contribution is -2.27. The molecule has 0 amide bonds. The number of pyridine rings is 1. The molecule has 0 bridgehead atoms. The summed E-state index contributed by atoms with van der Waals surface area (Å²) in [4.78, 5) is 3.51. The van der Waals surface area contributed by atoms with E-state index in [4.69, 9.17) is 0 Å². The molecular weight excluding hydrogens is 333 g/mol. The number of rotatable bonds is 5. The lowest BCUT2D eigenvalue weighted by Gasteiger charge is -2.15. The second kappa shape index (κ2) is 6.55. The Labute approximate surface area is 131 Å². The summed E-state index contributed by atoms with van der Waals surface area (Å²) in [5.74, 6) is -0.600. The van der Waals surface area contributed by atoms with E-state index >= 15 is 0 Å². The van der Waals surface area contributed by atoms with Gasteiger partial charge in [-0.15, -0.1) is 13.2 Å². The van der Waals surface area contributed by atoms with Gasteiger partial charge in [0, 0.05) is 24.5 Å². The third kappa shape index (κ3) is 4.93. The van der Waals surface area contributed by atoms with Gasteiger partial charge in [-0.3, -0.25) is 4.98 Å². The number of alkyl halides is 3. The van der Waals surface area contributed by atoms with Crippen LogP contribution in [0.3, 0.4) is 0 Å². The van der Waals surface area contributed by atoms with Gasteiger partial charge in [0.05, 0.1) is 4.90 Å². The third-order valence-corrected chi connectivity index (χ3v) is 4.43. The first kappa shape index (κ1) is 17.2. The Bertz CT molecular complexity index is 764. The van der Waals surface area contributed by atoms with Gasteiger partial charge in [0.15, 0.2) is 0 Å². The number of halogens is 3. The predicted molar refractivity (Wildman–Crippen MR) is 76.1 cm³/mol. The largest absolute Gasteiger partial charge is 0.573 e. The van der Waals surface area contributed by atoms with Crippen molar-refractivity contribution in [2.45, 2.75) is 24.2 Å². The van der Waals surface area contributed by atoms with Gasteiger partial charge < -0.3 is 4.74 Å². The van der Waals surface area contributed by atoms with Gasteiger partial charge in [-0.2, -0.15) is 0 Å².